The van der Waals surface area contributed by atoms with Crippen LogP contribution in [0, 0.1) is 0 Å². The molecule has 19 heavy (non-hydrogen) atoms. The smallest absolute Gasteiger partial charge is 0.244 e. The normalized spacial score (nSPS) is 21.7. The second kappa shape index (κ2) is 5.62. The van der Waals surface area contributed by atoms with Crippen LogP contribution in [0.4, 0.5) is 0 Å². The number of hydrogen-bond donors (Lipinski definition) is 1. The zero-order valence-electron chi connectivity index (χ0n) is 11.4. The molecule has 0 spiro atoms. The highest BCUT2D eigenvalue weighted by atomic mass is 32.2. The maximum atomic E-state index is 12.6. The highest BCUT2D eigenvalue weighted by Crippen LogP contribution is 2.22. The van der Waals surface area contributed by atoms with E-state index in [1.807, 2.05) is 18.4 Å². The summed E-state index contributed by atoms with van der Waals surface area (Å²) in [6.07, 6.45) is 1.67. The van der Waals surface area contributed by atoms with Gasteiger partial charge in [-0.3, -0.25) is 0 Å². The van der Waals surface area contributed by atoms with Crippen molar-refractivity contribution in [2.75, 3.05) is 19.8 Å². The third kappa shape index (κ3) is 2.69. The van der Waals surface area contributed by atoms with Crippen molar-refractivity contribution in [1.82, 2.24) is 8.87 Å². The largest absolute Gasteiger partial charge is 0.378 e. The quantitative estimate of drug-likeness (QED) is 0.868. The van der Waals surface area contributed by atoms with E-state index in [9.17, 15) is 8.42 Å². The molecule has 7 heteroatoms. The molecule has 2 heterocycles. The summed E-state index contributed by atoms with van der Waals surface area (Å²) in [7, 11) is -3.46. The summed E-state index contributed by atoms with van der Waals surface area (Å²) in [5.74, 6) is 0. The van der Waals surface area contributed by atoms with Crippen molar-refractivity contribution in [3.8, 4) is 0 Å². The van der Waals surface area contributed by atoms with E-state index in [1.54, 1.807) is 12.3 Å². The second-order valence-corrected chi connectivity index (χ2v) is 6.59. The Kier molecular flexibility index (Phi) is 4.29. The lowest BCUT2D eigenvalue weighted by molar-refractivity contribution is 0.0393. The number of nitrogens with two attached hydrogens (primary N) is 1. The minimum atomic E-state index is -3.46. The molecule has 2 rings (SSSR count). The molecule has 0 amide bonds. The van der Waals surface area contributed by atoms with Crippen LogP contribution in [0.25, 0.3) is 0 Å². The van der Waals surface area contributed by atoms with E-state index in [1.165, 1.54) is 4.31 Å². The molecule has 6 nitrogen and oxygen atoms in total. The summed E-state index contributed by atoms with van der Waals surface area (Å²) in [4.78, 5) is 0.323. The fourth-order valence-electron chi connectivity index (χ4n) is 2.34. The van der Waals surface area contributed by atoms with Crippen molar-refractivity contribution in [3.05, 3.63) is 18.0 Å². The van der Waals surface area contributed by atoms with E-state index < -0.39 is 10.0 Å². The van der Waals surface area contributed by atoms with Crippen molar-refractivity contribution >= 4 is 10.0 Å². The van der Waals surface area contributed by atoms with Crippen LogP contribution in [0.1, 0.15) is 19.5 Å². The van der Waals surface area contributed by atoms with Crippen molar-refractivity contribution in [2.24, 2.45) is 5.73 Å². The van der Waals surface area contributed by atoms with E-state index in [0.29, 0.717) is 37.7 Å². The maximum absolute atomic E-state index is 12.6. The number of aromatic nitrogens is 1. The first-order valence-corrected chi connectivity index (χ1v) is 7.93. The molecule has 1 unspecified atom stereocenters. The first-order valence-electron chi connectivity index (χ1n) is 6.49. The highest BCUT2D eigenvalue weighted by Gasteiger charge is 2.32. The van der Waals surface area contributed by atoms with E-state index >= 15 is 0 Å². The molecule has 1 aromatic heterocycles. The number of hydrogen-bond acceptors (Lipinski definition) is 4. The van der Waals surface area contributed by atoms with Gasteiger partial charge in [0.2, 0.25) is 10.0 Å². The van der Waals surface area contributed by atoms with Gasteiger partial charge in [-0.2, -0.15) is 4.31 Å². The van der Waals surface area contributed by atoms with Crippen LogP contribution in [-0.4, -0.2) is 43.1 Å². The summed E-state index contributed by atoms with van der Waals surface area (Å²) in [5, 5.41) is 0. The lowest BCUT2D eigenvalue weighted by atomic mass is 10.3. The van der Waals surface area contributed by atoms with E-state index in [-0.39, 0.29) is 6.04 Å². The predicted molar refractivity (Wildman–Crippen MR) is 72.2 cm³/mol. The van der Waals surface area contributed by atoms with Gasteiger partial charge in [0, 0.05) is 37.6 Å². The highest BCUT2D eigenvalue weighted by molar-refractivity contribution is 7.89. The molecule has 0 bridgehead atoms. The fourth-order valence-corrected chi connectivity index (χ4v) is 4.00. The monoisotopic (exact) mass is 287 g/mol. The molecule has 1 atom stereocenters. The molecule has 0 radical (unpaired) electrons. The Labute approximate surface area is 114 Å². The maximum Gasteiger partial charge on any atom is 0.244 e. The molecule has 0 aliphatic carbocycles. The van der Waals surface area contributed by atoms with Crippen molar-refractivity contribution < 1.29 is 13.2 Å². The van der Waals surface area contributed by atoms with Crippen LogP contribution in [0.15, 0.2) is 17.2 Å². The number of ether oxygens (including phenoxy) is 1. The number of rotatable bonds is 4. The third-order valence-corrected chi connectivity index (χ3v) is 5.40. The lowest BCUT2D eigenvalue weighted by Gasteiger charge is -2.31. The Morgan fingerprint density at radius 1 is 1.53 bits per heavy atom. The molecule has 1 aromatic rings. The number of sulfonamides is 1. The van der Waals surface area contributed by atoms with E-state index in [2.05, 4.69) is 0 Å². The number of aryl methyl sites for hydroxylation is 1. The van der Waals surface area contributed by atoms with Gasteiger partial charge in [-0.1, -0.05) is 0 Å². The molecule has 1 aliphatic rings. The molecule has 1 fully saturated rings. The molecule has 108 valence electrons. The van der Waals surface area contributed by atoms with Gasteiger partial charge in [-0.25, -0.2) is 8.42 Å². The van der Waals surface area contributed by atoms with Crippen molar-refractivity contribution in [3.63, 3.8) is 0 Å². The van der Waals surface area contributed by atoms with Gasteiger partial charge >= 0.3 is 0 Å². The van der Waals surface area contributed by atoms with Crippen LogP contribution in [0.5, 0.6) is 0 Å². The lowest BCUT2D eigenvalue weighted by Crippen LogP contribution is -2.46. The zero-order chi connectivity index (χ0) is 14.0. The minimum absolute atomic E-state index is 0.134. The summed E-state index contributed by atoms with van der Waals surface area (Å²) >= 11 is 0. The molecule has 0 saturated carbocycles. The molecule has 2 N–H and O–H groups in total. The second-order valence-electron chi connectivity index (χ2n) is 4.70. The summed E-state index contributed by atoms with van der Waals surface area (Å²) in [5.41, 5.74) is 6.47. The topological polar surface area (TPSA) is 77.6 Å². The standard InChI is InChI=1S/C12H21N3O3S/c1-3-14-8-12(6-11(14)7-13)19(16,17)15-4-5-18-9-10(15)2/h6,8,10H,3-5,7,9,13H2,1-2H3. The minimum Gasteiger partial charge on any atom is -0.378 e. The average Bonchev–Trinajstić information content (AvgIpc) is 2.83. The van der Waals surface area contributed by atoms with Gasteiger partial charge < -0.3 is 15.0 Å². The van der Waals surface area contributed by atoms with Gasteiger partial charge in [-0.15, -0.1) is 0 Å². The summed E-state index contributed by atoms with van der Waals surface area (Å²) in [6, 6.07) is 1.53. The van der Waals surface area contributed by atoms with Crippen LogP contribution in [0.2, 0.25) is 0 Å². The molecular formula is C12H21N3O3S. The summed E-state index contributed by atoms with van der Waals surface area (Å²) in [6.45, 7) is 6.16. The first kappa shape index (κ1) is 14.5. The molecule has 0 aromatic carbocycles. The van der Waals surface area contributed by atoms with Crippen LogP contribution in [-0.2, 0) is 27.8 Å². The summed E-state index contributed by atoms with van der Waals surface area (Å²) < 4.78 is 33.9. The van der Waals surface area contributed by atoms with Crippen LogP contribution >= 0.6 is 0 Å². The van der Waals surface area contributed by atoms with Crippen molar-refractivity contribution in [1.29, 1.82) is 0 Å². The van der Waals surface area contributed by atoms with Crippen molar-refractivity contribution in [2.45, 2.75) is 37.9 Å². The molecule has 1 aliphatic heterocycles. The first-order chi connectivity index (χ1) is 9.00. The van der Waals surface area contributed by atoms with Gasteiger partial charge in [0.1, 0.15) is 4.90 Å². The van der Waals surface area contributed by atoms with Gasteiger partial charge in [-0.05, 0) is 19.9 Å². The third-order valence-electron chi connectivity index (χ3n) is 3.42. The van der Waals surface area contributed by atoms with Crippen LogP contribution < -0.4 is 5.73 Å². The predicted octanol–water partition coefficient (Wildman–Crippen LogP) is 0.376. The Morgan fingerprint density at radius 2 is 2.26 bits per heavy atom. The van der Waals surface area contributed by atoms with E-state index in [4.69, 9.17) is 10.5 Å². The van der Waals surface area contributed by atoms with Gasteiger partial charge in [0.25, 0.3) is 0 Å². The van der Waals surface area contributed by atoms with E-state index in [0.717, 1.165) is 5.69 Å². The Morgan fingerprint density at radius 3 is 2.79 bits per heavy atom. The fraction of sp³-hybridized carbons (Fsp3) is 0.667. The van der Waals surface area contributed by atoms with Crippen LogP contribution in [0.3, 0.4) is 0 Å². The number of morpholine rings is 1. The Balaban J connectivity index is 2.35. The Hall–Kier alpha value is -0.890. The van der Waals surface area contributed by atoms with Gasteiger partial charge in [0.05, 0.1) is 13.2 Å². The molecule has 1 saturated heterocycles. The van der Waals surface area contributed by atoms with Gasteiger partial charge in [0.15, 0.2) is 0 Å². The Bertz CT molecular complexity index is 517. The molecular weight excluding hydrogens is 266 g/mol. The SMILES string of the molecule is CCn1cc(S(=O)(=O)N2CCOCC2C)cc1CN. The number of nitrogens with zero attached hydrogens (tertiary/aromatic N) is 2. The average molecular weight is 287 g/mol. The zero-order valence-corrected chi connectivity index (χ0v) is 12.2.